The molecule has 6 atom stereocenters. The summed E-state index contributed by atoms with van der Waals surface area (Å²) >= 11 is 0. The highest BCUT2D eigenvalue weighted by atomic mass is 19.4. The molecule has 2 aliphatic heterocycles. The third kappa shape index (κ3) is 22.7. The number of alkyl halides is 6. The summed E-state index contributed by atoms with van der Waals surface area (Å²) in [4.78, 5) is 80.3. The zero-order valence-corrected chi connectivity index (χ0v) is 48.2. The molecule has 4 amide bonds. The fourth-order valence-corrected chi connectivity index (χ4v) is 9.21. The maximum absolute atomic E-state index is 13.4. The van der Waals surface area contributed by atoms with Gasteiger partial charge in [0.2, 0.25) is 0 Å². The molecule has 2 aromatic carbocycles. The Labute approximate surface area is 456 Å². The molecule has 0 aromatic heterocycles. The van der Waals surface area contributed by atoms with Crippen LogP contribution in [0.3, 0.4) is 0 Å². The monoisotopic (exact) mass is 1120 g/mol. The highest BCUT2D eigenvalue weighted by Gasteiger charge is 2.45. The molecular formula is C56H84F6N4O12. The number of allylic oxidation sites excluding steroid dienone is 2. The first-order valence-corrected chi connectivity index (χ1v) is 25.8. The molecule has 0 unspecified atom stereocenters. The number of carbonyl (C=O) groups excluding carboxylic acids is 5. The minimum Gasteiger partial charge on any atom is -0.481 e. The fourth-order valence-electron chi connectivity index (χ4n) is 9.21. The molecule has 22 heteroatoms. The van der Waals surface area contributed by atoms with Crippen LogP contribution in [0, 0.1) is 13.8 Å². The molecule has 0 spiro atoms. The number of ether oxygens (including phenoxy) is 4. The number of halogens is 6. The molecule has 16 nitrogen and oxygen atoms in total. The second-order valence-electron chi connectivity index (χ2n) is 21.4. The Balaban J connectivity index is 0.000000697. The van der Waals surface area contributed by atoms with Gasteiger partial charge < -0.3 is 53.6 Å². The second-order valence-corrected chi connectivity index (χ2v) is 21.4. The highest BCUT2D eigenvalue weighted by molar-refractivity contribution is 5.73. The summed E-state index contributed by atoms with van der Waals surface area (Å²) in [6.07, 6.45) is -7.15. The number of carbonyl (C=O) groups is 6. The molecule has 442 valence electrons. The van der Waals surface area contributed by atoms with Crippen LogP contribution in [0.4, 0.5) is 45.5 Å². The molecule has 2 heterocycles. The lowest BCUT2D eigenvalue weighted by Gasteiger charge is -2.47. The highest BCUT2D eigenvalue weighted by Crippen LogP contribution is 2.37. The summed E-state index contributed by atoms with van der Waals surface area (Å²) in [7, 11) is 3.39. The van der Waals surface area contributed by atoms with Crippen LogP contribution in [0.1, 0.15) is 161 Å². The van der Waals surface area contributed by atoms with Crippen LogP contribution in [-0.4, -0.2) is 135 Å². The van der Waals surface area contributed by atoms with Crippen molar-refractivity contribution in [1.29, 1.82) is 0 Å². The largest absolute Gasteiger partial charge is 0.481 e. The average molecular weight is 1120 g/mol. The first-order chi connectivity index (χ1) is 36.0. The van der Waals surface area contributed by atoms with Crippen molar-refractivity contribution in [2.45, 2.75) is 214 Å². The van der Waals surface area contributed by atoms with Gasteiger partial charge >= 0.3 is 42.7 Å². The van der Waals surface area contributed by atoms with Gasteiger partial charge in [0.05, 0.1) is 31.8 Å². The Morgan fingerprint density at radius 3 is 1.24 bits per heavy atom. The number of piperidine rings is 2. The fraction of sp³-hybridized carbons (Fsp3) is 0.643. The van der Waals surface area contributed by atoms with Gasteiger partial charge in [-0.2, -0.15) is 26.3 Å². The Morgan fingerprint density at radius 2 is 0.962 bits per heavy atom. The van der Waals surface area contributed by atoms with Gasteiger partial charge in [0, 0.05) is 62.9 Å². The number of nitrogens with zero attached hydrogens (tertiary/aromatic N) is 4. The summed E-state index contributed by atoms with van der Waals surface area (Å²) in [5.41, 5.74) is -0.354. The summed E-state index contributed by atoms with van der Waals surface area (Å²) in [5, 5.41) is 16.5. The van der Waals surface area contributed by atoms with Crippen molar-refractivity contribution in [3.05, 3.63) is 81.4 Å². The molecule has 78 heavy (non-hydrogen) atoms. The summed E-state index contributed by atoms with van der Waals surface area (Å²) < 4.78 is 101. The van der Waals surface area contributed by atoms with Crippen molar-refractivity contribution in [3.8, 4) is 0 Å². The number of aryl methyl sites for hydroxylation is 2. The minimum atomic E-state index is -4.55. The van der Waals surface area contributed by atoms with E-state index in [2.05, 4.69) is 19.9 Å². The van der Waals surface area contributed by atoms with Gasteiger partial charge in [0.15, 0.2) is 0 Å². The Hall–Kier alpha value is -6.06. The van der Waals surface area contributed by atoms with Crippen molar-refractivity contribution in [1.82, 2.24) is 19.6 Å². The summed E-state index contributed by atoms with van der Waals surface area (Å²) in [5.74, 6) is -1.12. The van der Waals surface area contributed by atoms with E-state index in [-0.39, 0.29) is 50.4 Å². The number of aliphatic hydroxyl groups is 1. The predicted molar refractivity (Wildman–Crippen MR) is 282 cm³/mol. The van der Waals surface area contributed by atoms with Crippen LogP contribution in [0.5, 0.6) is 0 Å². The maximum atomic E-state index is 13.4. The standard InChI is InChI=1S/C25H35F3N2O6.C25H35F3N2O5.C5H10.CH4O/c1-7-18-11-19(12-20(13-21(31)32)30(18)23(34)36-24(3,4)5)29(22(33)35-6)14-16-8-15(2)9-17(10-16)25(26,27)28;1-7-19-13-21(14-20(8-9-31)30(19)23(33)35-24(3,4)5)29(22(32)34-6)15-17-10-16(2)11-18(12-17)25(26,27)28;1-4-5(2)3;1-2/h8-10,18-20H,7,11-14H2,1-6H3,(H,31,32);9-12,19-21H,7-8,13-15H2,1-6H3;4H,1-3H3;2H,1H3/t18-,19+,20-;19-,20+,21+;;/m11../s1. The van der Waals surface area contributed by atoms with E-state index < -0.39 is 95.2 Å². The van der Waals surface area contributed by atoms with Crippen LogP contribution >= 0.6 is 0 Å². The first-order valence-electron chi connectivity index (χ1n) is 25.8. The molecule has 0 bridgehead atoms. The number of carboxylic acid groups (broad SMARTS) is 1. The van der Waals surface area contributed by atoms with E-state index in [0.29, 0.717) is 42.4 Å². The van der Waals surface area contributed by atoms with Crippen molar-refractivity contribution in [2.24, 2.45) is 0 Å². The van der Waals surface area contributed by atoms with Gasteiger partial charge in [-0.05, 0) is 150 Å². The van der Waals surface area contributed by atoms with E-state index in [0.717, 1.165) is 37.7 Å². The first kappa shape index (κ1) is 70.0. The number of carboxylic acids is 1. The van der Waals surface area contributed by atoms with E-state index in [9.17, 15) is 60.2 Å². The number of amides is 4. The number of hydrogen-bond acceptors (Lipinski definition) is 11. The van der Waals surface area contributed by atoms with Gasteiger partial charge in [-0.15, -0.1) is 0 Å². The Morgan fingerprint density at radius 1 is 0.628 bits per heavy atom. The van der Waals surface area contributed by atoms with Crippen molar-refractivity contribution >= 4 is 36.6 Å². The van der Waals surface area contributed by atoms with Gasteiger partial charge in [-0.3, -0.25) is 4.79 Å². The van der Waals surface area contributed by atoms with Gasteiger partial charge in [0.1, 0.15) is 17.5 Å². The Kier molecular flexibility index (Phi) is 27.7. The SMILES string of the molecule is CC=C(C)C.CC[C@@H]1C[C@H](N(Cc2cc(C)cc(C(F)(F)F)c2)C(=O)OC)C[C@H](CC(=O)O)N1C(=O)OC(C)(C)C.CC[C@@H]1C[C@H](N(Cc2cc(C)cc(C(F)(F)F)c2)C(=O)OC)C[C@H](CC=O)N1C(=O)OC(C)(C)C.CO. The number of likely N-dealkylation sites (tertiary alicyclic amines) is 2. The lowest BCUT2D eigenvalue weighted by Crippen LogP contribution is -2.58. The van der Waals surface area contributed by atoms with Gasteiger partial charge in [-0.25, -0.2) is 19.2 Å². The summed E-state index contributed by atoms with van der Waals surface area (Å²) in [6, 6.07) is 4.16. The van der Waals surface area contributed by atoms with Crippen molar-refractivity contribution < 1.29 is 84.3 Å². The van der Waals surface area contributed by atoms with Crippen LogP contribution in [0.25, 0.3) is 0 Å². The van der Waals surface area contributed by atoms with E-state index in [1.807, 2.05) is 20.8 Å². The maximum Gasteiger partial charge on any atom is 0.416 e. The normalized spacial score (nSPS) is 19.4. The van der Waals surface area contributed by atoms with Gasteiger partial charge in [-0.1, -0.05) is 48.8 Å². The van der Waals surface area contributed by atoms with Crippen molar-refractivity contribution in [3.63, 3.8) is 0 Å². The molecule has 2 aromatic rings. The van der Waals surface area contributed by atoms with Crippen LogP contribution in [0.15, 0.2) is 48.0 Å². The minimum absolute atomic E-state index is 0.0456. The lowest BCUT2D eigenvalue weighted by atomic mass is 9.87. The number of rotatable bonds is 12. The third-order valence-electron chi connectivity index (χ3n) is 12.6. The number of benzene rings is 2. The zero-order valence-electron chi connectivity index (χ0n) is 48.2. The molecule has 2 aliphatic rings. The number of aldehydes is 1. The molecule has 4 rings (SSSR count). The van der Waals surface area contributed by atoms with Crippen LogP contribution in [0.2, 0.25) is 0 Å². The molecule has 2 saturated heterocycles. The summed E-state index contributed by atoms with van der Waals surface area (Å²) in [6.45, 7) is 23.2. The van der Waals surface area contributed by atoms with Crippen LogP contribution in [-0.2, 0) is 54.0 Å². The van der Waals surface area contributed by atoms with Gasteiger partial charge in [0.25, 0.3) is 0 Å². The van der Waals surface area contributed by atoms with E-state index >= 15 is 0 Å². The molecule has 0 aliphatic carbocycles. The van der Waals surface area contributed by atoms with E-state index in [1.54, 1.807) is 65.5 Å². The number of aliphatic hydroxyl groups excluding tert-OH is 1. The number of aliphatic carboxylic acids is 1. The van der Waals surface area contributed by atoms with Crippen LogP contribution < -0.4 is 0 Å². The predicted octanol–water partition coefficient (Wildman–Crippen LogP) is 12.9. The average Bonchev–Trinajstić information content (AvgIpc) is 3.32. The number of hydrogen-bond donors (Lipinski definition) is 2. The molecule has 0 saturated carbocycles. The molecule has 0 radical (unpaired) electrons. The topological polar surface area (TPSA) is 193 Å². The molecular weight excluding hydrogens is 1030 g/mol. The Bertz CT molecular complexity index is 2310. The number of methoxy groups -OCH3 is 2. The zero-order chi connectivity index (χ0) is 60.3. The lowest BCUT2D eigenvalue weighted by molar-refractivity contribution is -0.139. The van der Waals surface area contributed by atoms with E-state index in [1.165, 1.54) is 41.4 Å². The quantitative estimate of drug-likeness (QED) is 0.0885. The van der Waals surface area contributed by atoms with E-state index in [4.69, 9.17) is 24.1 Å². The second kappa shape index (κ2) is 30.9. The molecule has 2 N–H and O–H groups in total. The smallest absolute Gasteiger partial charge is 0.416 e. The third-order valence-corrected chi connectivity index (χ3v) is 12.6. The molecule has 2 fully saturated rings. The van der Waals surface area contributed by atoms with Crippen molar-refractivity contribution in [2.75, 3.05) is 21.3 Å².